The second kappa shape index (κ2) is 4.91. The van der Waals surface area contributed by atoms with Gasteiger partial charge in [-0.3, -0.25) is 4.79 Å². The Morgan fingerprint density at radius 2 is 2.16 bits per heavy atom. The fraction of sp³-hybridized carbons (Fsp3) is 0.429. The van der Waals surface area contributed by atoms with Gasteiger partial charge in [0, 0.05) is 31.7 Å². The molecule has 2 heterocycles. The molecule has 0 aliphatic carbocycles. The van der Waals surface area contributed by atoms with E-state index in [0.29, 0.717) is 18.9 Å². The molecule has 3 rings (SSSR count). The quantitative estimate of drug-likeness (QED) is 0.498. The first kappa shape index (κ1) is 12.0. The zero-order valence-electron chi connectivity index (χ0n) is 10.9. The fourth-order valence-electron chi connectivity index (χ4n) is 2.23. The lowest BCUT2D eigenvalue weighted by Gasteiger charge is -2.32. The number of benzene rings is 1. The lowest BCUT2D eigenvalue weighted by molar-refractivity contribution is -0.122. The van der Waals surface area contributed by atoms with Gasteiger partial charge in [-0.25, -0.2) is 4.99 Å². The van der Waals surface area contributed by atoms with Crippen LogP contribution in [0.1, 0.15) is 18.4 Å². The topological polar surface area (TPSA) is 61.9 Å². The lowest BCUT2D eigenvalue weighted by Crippen LogP contribution is -2.46. The third-order valence-corrected chi connectivity index (χ3v) is 3.68. The summed E-state index contributed by atoms with van der Waals surface area (Å²) in [6.45, 7) is 3.41. The summed E-state index contributed by atoms with van der Waals surface area (Å²) in [5, 5.41) is 0. The Morgan fingerprint density at radius 3 is 2.74 bits per heavy atom. The number of aliphatic imine (C=N–C) groups is 1. The van der Waals surface area contributed by atoms with E-state index in [2.05, 4.69) is 9.89 Å². The normalized spacial score (nSPS) is 19.2. The fourth-order valence-corrected chi connectivity index (χ4v) is 2.23. The molecule has 2 fully saturated rings. The number of guanidine groups is 1. The number of amides is 1. The number of carbonyl (C=O) groups excluding carboxylic acids is 1. The number of rotatable bonds is 3. The molecule has 1 aromatic carbocycles. The van der Waals surface area contributed by atoms with E-state index in [1.165, 1.54) is 6.42 Å². The maximum atomic E-state index is 11.4. The summed E-state index contributed by atoms with van der Waals surface area (Å²) in [5.41, 5.74) is 7.94. The zero-order chi connectivity index (χ0) is 13.2. The standard InChI is InChI=1S/C14H18N4O/c15-14(17-6-2-7-17)16-10-11-3-1-4-12(9-11)18-8-5-13(18)19/h1,3-4,9H,2,5-8,10H2,(H2,15,16). The van der Waals surface area contributed by atoms with Crippen LogP contribution >= 0.6 is 0 Å². The number of nitrogens with two attached hydrogens (primary N) is 1. The monoisotopic (exact) mass is 258 g/mol. The van der Waals surface area contributed by atoms with Crippen LogP contribution in [0.4, 0.5) is 5.69 Å². The smallest absolute Gasteiger partial charge is 0.228 e. The van der Waals surface area contributed by atoms with Crippen LogP contribution in [0.3, 0.4) is 0 Å². The van der Waals surface area contributed by atoms with Gasteiger partial charge in [0.15, 0.2) is 5.96 Å². The van der Waals surface area contributed by atoms with E-state index in [-0.39, 0.29) is 5.91 Å². The van der Waals surface area contributed by atoms with Crippen LogP contribution in [-0.4, -0.2) is 36.4 Å². The molecule has 1 aromatic rings. The van der Waals surface area contributed by atoms with E-state index in [0.717, 1.165) is 30.9 Å². The maximum absolute atomic E-state index is 11.4. The highest BCUT2D eigenvalue weighted by molar-refractivity contribution is 5.99. The third-order valence-electron chi connectivity index (χ3n) is 3.68. The first-order valence-corrected chi connectivity index (χ1v) is 6.68. The SMILES string of the molecule is NC(=NCc1cccc(N2CCC2=O)c1)N1CCC1. The second-order valence-electron chi connectivity index (χ2n) is 4.98. The molecule has 100 valence electrons. The zero-order valence-corrected chi connectivity index (χ0v) is 10.9. The minimum Gasteiger partial charge on any atom is -0.370 e. The van der Waals surface area contributed by atoms with Crippen LogP contribution in [0.5, 0.6) is 0 Å². The van der Waals surface area contributed by atoms with Crippen LogP contribution in [0.2, 0.25) is 0 Å². The highest BCUT2D eigenvalue weighted by Crippen LogP contribution is 2.23. The van der Waals surface area contributed by atoms with Crippen molar-refractivity contribution >= 4 is 17.6 Å². The summed E-state index contributed by atoms with van der Waals surface area (Å²) in [6, 6.07) is 7.96. The molecule has 0 bridgehead atoms. The van der Waals surface area contributed by atoms with Crippen LogP contribution in [0, 0.1) is 0 Å². The van der Waals surface area contributed by atoms with E-state index < -0.39 is 0 Å². The minimum atomic E-state index is 0.195. The molecular weight excluding hydrogens is 240 g/mol. The van der Waals surface area contributed by atoms with E-state index in [1.807, 2.05) is 24.3 Å². The van der Waals surface area contributed by atoms with Gasteiger partial charge >= 0.3 is 0 Å². The largest absolute Gasteiger partial charge is 0.370 e. The van der Waals surface area contributed by atoms with Gasteiger partial charge in [-0.2, -0.15) is 0 Å². The van der Waals surface area contributed by atoms with E-state index in [9.17, 15) is 4.79 Å². The van der Waals surface area contributed by atoms with Crippen molar-refractivity contribution in [3.63, 3.8) is 0 Å². The average Bonchev–Trinajstić information content (AvgIpc) is 2.33. The highest BCUT2D eigenvalue weighted by atomic mass is 16.2. The molecule has 2 aliphatic heterocycles. The first-order chi connectivity index (χ1) is 9.24. The summed E-state index contributed by atoms with van der Waals surface area (Å²) in [7, 11) is 0. The van der Waals surface area contributed by atoms with Crippen molar-refractivity contribution in [2.75, 3.05) is 24.5 Å². The van der Waals surface area contributed by atoms with Crippen LogP contribution in [-0.2, 0) is 11.3 Å². The summed E-state index contributed by atoms with van der Waals surface area (Å²) in [5.74, 6) is 0.817. The minimum absolute atomic E-state index is 0.195. The van der Waals surface area contributed by atoms with Gasteiger partial charge in [0.25, 0.3) is 0 Å². The van der Waals surface area contributed by atoms with Crippen molar-refractivity contribution in [2.45, 2.75) is 19.4 Å². The van der Waals surface area contributed by atoms with Gasteiger partial charge in [0.2, 0.25) is 5.91 Å². The molecule has 0 spiro atoms. The van der Waals surface area contributed by atoms with E-state index >= 15 is 0 Å². The maximum Gasteiger partial charge on any atom is 0.228 e. The number of nitrogens with zero attached hydrogens (tertiary/aromatic N) is 3. The summed E-state index contributed by atoms with van der Waals surface area (Å²) >= 11 is 0. The Bertz CT molecular complexity index is 522. The number of hydrogen-bond acceptors (Lipinski definition) is 2. The molecule has 5 heteroatoms. The molecular formula is C14H18N4O. The van der Waals surface area contributed by atoms with Crippen molar-refractivity contribution in [3.8, 4) is 0 Å². The van der Waals surface area contributed by atoms with Crippen LogP contribution in [0.15, 0.2) is 29.3 Å². The molecule has 19 heavy (non-hydrogen) atoms. The van der Waals surface area contributed by atoms with Crippen molar-refractivity contribution < 1.29 is 4.79 Å². The van der Waals surface area contributed by atoms with Gasteiger partial charge in [-0.1, -0.05) is 12.1 Å². The predicted molar refractivity (Wildman–Crippen MR) is 74.9 cm³/mol. The number of likely N-dealkylation sites (tertiary alicyclic amines) is 1. The average molecular weight is 258 g/mol. The van der Waals surface area contributed by atoms with E-state index in [1.54, 1.807) is 4.90 Å². The third kappa shape index (κ3) is 2.41. The second-order valence-corrected chi connectivity index (χ2v) is 4.98. The van der Waals surface area contributed by atoms with Gasteiger partial charge in [0.1, 0.15) is 0 Å². The van der Waals surface area contributed by atoms with Gasteiger partial charge < -0.3 is 15.5 Å². The molecule has 2 N–H and O–H groups in total. The molecule has 2 saturated heterocycles. The van der Waals surface area contributed by atoms with Gasteiger partial charge in [0.05, 0.1) is 6.54 Å². The molecule has 0 aromatic heterocycles. The van der Waals surface area contributed by atoms with Gasteiger partial charge in [-0.05, 0) is 24.1 Å². The first-order valence-electron chi connectivity index (χ1n) is 6.68. The molecule has 0 unspecified atom stereocenters. The molecule has 0 saturated carbocycles. The van der Waals surface area contributed by atoms with Crippen molar-refractivity contribution in [3.05, 3.63) is 29.8 Å². The summed E-state index contributed by atoms with van der Waals surface area (Å²) in [4.78, 5) is 19.7. The Hall–Kier alpha value is -2.04. The Kier molecular flexibility index (Phi) is 3.11. The van der Waals surface area contributed by atoms with Crippen LogP contribution < -0.4 is 10.6 Å². The highest BCUT2D eigenvalue weighted by Gasteiger charge is 2.25. The Labute approximate surface area is 112 Å². The molecule has 2 aliphatic rings. The number of β-lactam (4-membered cyclic amide) rings is 1. The van der Waals surface area contributed by atoms with Crippen molar-refractivity contribution in [2.24, 2.45) is 10.7 Å². The number of anilines is 1. The van der Waals surface area contributed by atoms with E-state index in [4.69, 9.17) is 5.73 Å². The molecule has 0 radical (unpaired) electrons. The Morgan fingerprint density at radius 1 is 1.32 bits per heavy atom. The predicted octanol–water partition coefficient (Wildman–Crippen LogP) is 0.944. The summed E-state index contributed by atoms with van der Waals surface area (Å²) in [6.07, 6.45) is 1.85. The Balaban J connectivity index is 1.67. The number of carbonyl (C=O) groups is 1. The number of hydrogen-bond donors (Lipinski definition) is 1. The van der Waals surface area contributed by atoms with Crippen molar-refractivity contribution in [1.29, 1.82) is 0 Å². The lowest BCUT2D eigenvalue weighted by atomic mass is 10.1. The molecule has 0 atom stereocenters. The molecule has 1 amide bonds. The summed E-state index contributed by atoms with van der Waals surface area (Å²) < 4.78 is 0. The molecule has 5 nitrogen and oxygen atoms in total. The van der Waals surface area contributed by atoms with Gasteiger partial charge in [-0.15, -0.1) is 0 Å². The van der Waals surface area contributed by atoms with Crippen molar-refractivity contribution in [1.82, 2.24) is 4.90 Å². The van der Waals surface area contributed by atoms with Crippen LogP contribution in [0.25, 0.3) is 0 Å².